The third-order valence-corrected chi connectivity index (χ3v) is 4.78. The van der Waals surface area contributed by atoms with E-state index in [-0.39, 0.29) is 11.7 Å². The van der Waals surface area contributed by atoms with E-state index >= 15 is 0 Å². The van der Waals surface area contributed by atoms with Gasteiger partial charge in [0, 0.05) is 23.1 Å². The summed E-state index contributed by atoms with van der Waals surface area (Å²) in [4.78, 5) is 16.5. The summed E-state index contributed by atoms with van der Waals surface area (Å²) in [6.45, 7) is 4.17. The van der Waals surface area contributed by atoms with Crippen LogP contribution in [0.3, 0.4) is 0 Å². The highest BCUT2D eigenvalue weighted by molar-refractivity contribution is 7.09. The number of nitrogens with one attached hydrogen (secondary N) is 1. The molecule has 0 saturated carbocycles. The summed E-state index contributed by atoms with van der Waals surface area (Å²) in [6.07, 6.45) is 0.719. The third-order valence-electron chi connectivity index (χ3n) is 4.00. The standard InChI is InChI=1S/C20H19FN2OS/c1-13-3-6-17(11-18(13)21)20(24)22-10-9-15-4-7-16(8-5-15)19-12-25-14(2)23-19/h3-8,11-12H,9-10H2,1-2H3,(H,22,24). The minimum atomic E-state index is -0.361. The van der Waals surface area contributed by atoms with Gasteiger partial charge >= 0.3 is 0 Å². The second-order valence-corrected chi connectivity index (χ2v) is 6.98. The van der Waals surface area contributed by atoms with Crippen LogP contribution in [0.1, 0.15) is 26.5 Å². The van der Waals surface area contributed by atoms with Crippen LogP contribution < -0.4 is 5.32 Å². The number of benzene rings is 2. The van der Waals surface area contributed by atoms with Gasteiger partial charge in [-0.2, -0.15) is 0 Å². The normalized spacial score (nSPS) is 10.7. The molecule has 3 nitrogen and oxygen atoms in total. The first-order valence-corrected chi connectivity index (χ1v) is 8.96. The lowest BCUT2D eigenvalue weighted by molar-refractivity contribution is 0.0953. The van der Waals surface area contributed by atoms with Gasteiger partial charge in [0.05, 0.1) is 10.7 Å². The van der Waals surface area contributed by atoms with E-state index in [1.165, 1.54) is 6.07 Å². The Bertz CT molecular complexity index is 887. The van der Waals surface area contributed by atoms with Crippen LogP contribution >= 0.6 is 11.3 Å². The average molecular weight is 354 g/mol. The van der Waals surface area contributed by atoms with E-state index in [1.807, 2.05) is 36.6 Å². The minimum absolute atomic E-state index is 0.256. The number of rotatable bonds is 5. The number of hydrogen-bond donors (Lipinski definition) is 1. The van der Waals surface area contributed by atoms with E-state index in [0.29, 0.717) is 17.7 Å². The molecule has 5 heteroatoms. The molecule has 0 unspecified atom stereocenters. The van der Waals surface area contributed by atoms with Crippen molar-refractivity contribution in [1.82, 2.24) is 10.3 Å². The van der Waals surface area contributed by atoms with Crippen molar-refractivity contribution >= 4 is 17.2 Å². The zero-order chi connectivity index (χ0) is 17.8. The predicted molar refractivity (Wildman–Crippen MR) is 99.5 cm³/mol. The number of aryl methyl sites for hydroxylation is 2. The van der Waals surface area contributed by atoms with Gasteiger partial charge in [-0.15, -0.1) is 11.3 Å². The SMILES string of the molecule is Cc1nc(-c2ccc(CCNC(=O)c3ccc(C)c(F)c3)cc2)cs1. The summed E-state index contributed by atoms with van der Waals surface area (Å²) < 4.78 is 13.5. The summed E-state index contributed by atoms with van der Waals surface area (Å²) in [5, 5.41) is 5.92. The van der Waals surface area contributed by atoms with Crippen molar-refractivity contribution in [2.75, 3.05) is 6.54 Å². The Labute approximate surface area is 150 Å². The van der Waals surface area contributed by atoms with Gasteiger partial charge in [-0.1, -0.05) is 30.3 Å². The number of aromatic nitrogens is 1. The lowest BCUT2D eigenvalue weighted by atomic mass is 10.1. The van der Waals surface area contributed by atoms with Crippen molar-refractivity contribution in [3.63, 3.8) is 0 Å². The highest BCUT2D eigenvalue weighted by atomic mass is 32.1. The maximum Gasteiger partial charge on any atom is 0.251 e. The number of thiazole rings is 1. The van der Waals surface area contributed by atoms with Crippen molar-refractivity contribution in [3.05, 3.63) is 75.4 Å². The highest BCUT2D eigenvalue weighted by Crippen LogP contribution is 2.21. The molecule has 0 aliphatic carbocycles. The van der Waals surface area contributed by atoms with Crippen molar-refractivity contribution in [3.8, 4) is 11.3 Å². The third kappa shape index (κ3) is 4.31. The van der Waals surface area contributed by atoms with Crippen LogP contribution in [0.4, 0.5) is 4.39 Å². The van der Waals surface area contributed by atoms with Gasteiger partial charge in [0.25, 0.3) is 5.91 Å². The van der Waals surface area contributed by atoms with Gasteiger partial charge in [-0.3, -0.25) is 4.79 Å². The minimum Gasteiger partial charge on any atom is -0.352 e. The van der Waals surface area contributed by atoms with Crippen molar-refractivity contribution in [1.29, 1.82) is 0 Å². The first kappa shape index (κ1) is 17.3. The topological polar surface area (TPSA) is 42.0 Å². The molecule has 0 fully saturated rings. The van der Waals surface area contributed by atoms with Crippen LogP contribution in [0.25, 0.3) is 11.3 Å². The molecule has 0 bridgehead atoms. The molecule has 1 aromatic heterocycles. The largest absolute Gasteiger partial charge is 0.352 e. The van der Waals surface area contributed by atoms with E-state index < -0.39 is 0 Å². The van der Waals surface area contributed by atoms with Crippen LogP contribution in [0, 0.1) is 19.7 Å². The molecule has 1 N–H and O–H groups in total. The Hall–Kier alpha value is -2.53. The molecule has 25 heavy (non-hydrogen) atoms. The van der Waals surface area contributed by atoms with E-state index in [9.17, 15) is 9.18 Å². The average Bonchev–Trinajstić information content (AvgIpc) is 3.04. The Balaban J connectivity index is 1.55. The fourth-order valence-corrected chi connectivity index (χ4v) is 3.12. The zero-order valence-electron chi connectivity index (χ0n) is 14.2. The molecule has 0 saturated heterocycles. The van der Waals surface area contributed by atoms with Gasteiger partial charge in [0.1, 0.15) is 5.82 Å². The van der Waals surface area contributed by atoms with Crippen LogP contribution in [0.2, 0.25) is 0 Å². The Morgan fingerprint density at radius 3 is 2.56 bits per heavy atom. The second kappa shape index (κ2) is 7.57. The van der Waals surface area contributed by atoms with E-state index in [0.717, 1.165) is 28.2 Å². The number of nitrogens with zero attached hydrogens (tertiary/aromatic N) is 1. The molecule has 1 heterocycles. The fourth-order valence-electron chi connectivity index (χ4n) is 2.49. The number of carbonyl (C=O) groups excluding carboxylic acids is 1. The molecule has 128 valence electrons. The fraction of sp³-hybridized carbons (Fsp3) is 0.200. The maximum atomic E-state index is 13.5. The second-order valence-electron chi connectivity index (χ2n) is 5.92. The van der Waals surface area contributed by atoms with Crippen molar-refractivity contribution < 1.29 is 9.18 Å². The Morgan fingerprint density at radius 1 is 1.16 bits per heavy atom. The number of halogens is 1. The van der Waals surface area contributed by atoms with Crippen molar-refractivity contribution in [2.45, 2.75) is 20.3 Å². The van der Waals surface area contributed by atoms with E-state index in [4.69, 9.17) is 0 Å². The molecule has 0 spiro atoms. The number of amides is 1. The summed E-state index contributed by atoms with van der Waals surface area (Å²) in [5.41, 5.74) is 4.09. The summed E-state index contributed by atoms with van der Waals surface area (Å²) in [6, 6.07) is 12.7. The Morgan fingerprint density at radius 2 is 1.92 bits per heavy atom. The quantitative estimate of drug-likeness (QED) is 0.731. The van der Waals surface area contributed by atoms with E-state index in [2.05, 4.69) is 10.3 Å². The monoisotopic (exact) mass is 354 g/mol. The predicted octanol–water partition coefficient (Wildman–Crippen LogP) is 4.54. The van der Waals surface area contributed by atoms with Gasteiger partial charge < -0.3 is 5.32 Å². The number of carbonyl (C=O) groups is 1. The first-order valence-electron chi connectivity index (χ1n) is 8.09. The van der Waals surface area contributed by atoms with Gasteiger partial charge in [0.15, 0.2) is 0 Å². The molecule has 0 atom stereocenters. The first-order chi connectivity index (χ1) is 12.0. The Kier molecular flexibility index (Phi) is 5.24. The molecule has 0 radical (unpaired) electrons. The van der Waals surface area contributed by atoms with Crippen LogP contribution in [-0.4, -0.2) is 17.4 Å². The van der Waals surface area contributed by atoms with Crippen LogP contribution in [0.15, 0.2) is 47.8 Å². The molecule has 0 aliphatic heterocycles. The lowest BCUT2D eigenvalue weighted by Crippen LogP contribution is -2.25. The smallest absolute Gasteiger partial charge is 0.251 e. The summed E-state index contributed by atoms with van der Waals surface area (Å²) in [5.74, 6) is -0.617. The van der Waals surface area contributed by atoms with Crippen molar-refractivity contribution in [2.24, 2.45) is 0 Å². The van der Waals surface area contributed by atoms with Crippen LogP contribution in [0.5, 0.6) is 0 Å². The van der Waals surface area contributed by atoms with Crippen LogP contribution in [-0.2, 0) is 6.42 Å². The highest BCUT2D eigenvalue weighted by Gasteiger charge is 2.08. The molecule has 3 aromatic rings. The summed E-state index contributed by atoms with van der Waals surface area (Å²) in [7, 11) is 0. The molecular formula is C20H19FN2OS. The van der Waals surface area contributed by atoms with E-state index in [1.54, 1.807) is 30.4 Å². The van der Waals surface area contributed by atoms with Gasteiger partial charge in [-0.25, -0.2) is 9.37 Å². The van der Waals surface area contributed by atoms with Gasteiger partial charge in [0.2, 0.25) is 0 Å². The molecular weight excluding hydrogens is 335 g/mol. The zero-order valence-corrected chi connectivity index (χ0v) is 15.0. The molecule has 3 rings (SSSR count). The lowest BCUT2D eigenvalue weighted by Gasteiger charge is -2.07. The van der Waals surface area contributed by atoms with Gasteiger partial charge in [-0.05, 0) is 43.5 Å². The summed E-state index contributed by atoms with van der Waals surface area (Å²) >= 11 is 1.63. The molecule has 0 aliphatic rings. The number of hydrogen-bond acceptors (Lipinski definition) is 3. The maximum absolute atomic E-state index is 13.5. The molecule has 1 amide bonds. The molecule has 2 aromatic carbocycles.